The van der Waals surface area contributed by atoms with Gasteiger partial charge in [0.25, 0.3) is 0 Å². The fourth-order valence-electron chi connectivity index (χ4n) is 3.43. The van der Waals surface area contributed by atoms with Crippen LogP contribution in [0.2, 0.25) is 0 Å². The summed E-state index contributed by atoms with van der Waals surface area (Å²) in [4.78, 5) is 23.7. The topological polar surface area (TPSA) is 66.4 Å². The highest BCUT2D eigenvalue weighted by molar-refractivity contribution is 5.86. The number of hydrogen-bond donors (Lipinski definition) is 2. The van der Waals surface area contributed by atoms with Gasteiger partial charge in [0.15, 0.2) is 0 Å². The minimum absolute atomic E-state index is 0.0179. The standard InChI is InChI=1S/C16H16FNO3/c17-12-5-1-9(2-6-12)8-18-15(19)13-10-3-4-11(7-10)14(13)16(20)21/h1-6,10-11,13-14H,7-8H2,(H,18,19)(H,20,21). The molecule has 1 amide bonds. The van der Waals surface area contributed by atoms with E-state index >= 15 is 0 Å². The van der Waals surface area contributed by atoms with Gasteiger partial charge in [0.1, 0.15) is 5.82 Å². The van der Waals surface area contributed by atoms with Gasteiger partial charge in [0.05, 0.1) is 11.8 Å². The average molecular weight is 289 g/mol. The molecule has 1 aromatic rings. The van der Waals surface area contributed by atoms with E-state index < -0.39 is 17.8 Å². The molecule has 0 aromatic heterocycles. The van der Waals surface area contributed by atoms with Gasteiger partial charge in [-0.1, -0.05) is 24.3 Å². The number of carbonyl (C=O) groups is 2. The number of nitrogens with one attached hydrogen (secondary N) is 1. The van der Waals surface area contributed by atoms with Crippen LogP contribution in [0.15, 0.2) is 36.4 Å². The molecule has 0 spiro atoms. The van der Waals surface area contributed by atoms with E-state index in [0.29, 0.717) is 0 Å². The molecule has 110 valence electrons. The lowest BCUT2D eigenvalue weighted by Gasteiger charge is -2.23. The first-order chi connectivity index (χ1) is 10.1. The predicted molar refractivity (Wildman–Crippen MR) is 73.6 cm³/mol. The molecule has 2 bridgehead atoms. The van der Waals surface area contributed by atoms with Gasteiger partial charge in [-0.25, -0.2) is 4.39 Å². The molecule has 1 aromatic carbocycles. The van der Waals surface area contributed by atoms with Crippen LogP contribution in [0.25, 0.3) is 0 Å². The molecule has 4 atom stereocenters. The van der Waals surface area contributed by atoms with E-state index in [2.05, 4.69) is 5.32 Å². The fourth-order valence-corrected chi connectivity index (χ4v) is 3.43. The van der Waals surface area contributed by atoms with Gasteiger partial charge in [-0.2, -0.15) is 0 Å². The fraction of sp³-hybridized carbons (Fsp3) is 0.375. The van der Waals surface area contributed by atoms with Crippen molar-refractivity contribution < 1.29 is 19.1 Å². The molecule has 21 heavy (non-hydrogen) atoms. The first-order valence-electron chi connectivity index (χ1n) is 6.99. The van der Waals surface area contributed by atoms with Crippen molar-refractivity contribution in [2.75, 3.05) is 0 Å². The lowest BCUT2D eigenvalue weighted by molar-refractivity contribution is -0.147. The summed E-state index contributed by atoms with van der Waals surface area (Å²) in [5.41, 5.74) is 0.787. The molecule has 4 nitrogen and oxygen atoms in total. The van der Waals surface area contributed by atoms with E-state index in [1.807, 2.05) is 12.2 Å². The van der Waals surface area contributed by atoms with Crippen molar-refractivity contribution in [3.63, 3.8) is 0 Å². The number of benzene rings is 1. The van der Waals surface area contributed by atoms with Crippen LogP contribution in [0.3, 0.4) is 0 Å². The number of rotatable bonds is 4. The highest BCUT2D eigenvalue weighted by Crippen LogP contribution is 2.48. The second kappa shape index (κ2) is 5.31. The maximum atomic E-state index is 12.8. The highest BCUT2D eigenvalue weighted by atomic mass is 19.1. The van der Waals surface area contributed by atoms with Crippen LogP contribution >= 0.6 is 0 Å². The quantitative estimate of drug-likeness (QED) is 0.833. The van der Waals surface area contributed by atoms with E-state index in [0.717, 1.165) is 12.0 Å². The molecule has 0 radical (unpaired) electrons. The molecule has 0 heterocycles. The molecule has 5 heteroatoms. The van der Waals surface area contributed by atoms with Crippen molar-refractivity contribution in [3.8, 4) is 0 Å². The van der Waals surface area contributed by atoms with Gasteiger partial charge in [0.2, 0.25) is 5.91 Å². The first kappa shape index (κ1) is 13.8. The monoisotopic (exact) mass is 289 g/mol. The van der Waals surface area contributed by atoms with Crippen molar-refractivity contribution >= 4 is 11.9 Å². The molecule has 2 aliphatic rings. The van der Waals surface area contributed by atoms with E-state index in [-0.39, 0.29) is 30.1 Å². The maximum absolute atomic E-state index is 12.8. The van der Waals surface area contributed by atoms with Crippen molar-refractivity contribution in [2.24, 2.45) is 23.7 Å². The normalized spacial score (nSPS) is 29.6. The van der Waals surface area contributed by atoms with Crippen LogP contribution in [0.1, 0.15) is 12.0 Å². The van der Waals surface area contributed by atoms with E-state index in [1.54, 1.807) is 12.1 Å². The molecule has 0 saturated heterocycles. The van der Waals surface area contributed by atoms with Crippen molar-refractivity contribution in [1.29, 1.82) is 0 Å². The van der Waals surface area contributed by atoms with Crippen molar-refractivity contribution in [1.82, 2.24) is 5.32 Å². The molecule has 0 aliphatic heterocycles. The Kier molecular flexibility index (Phi) is 3.49. The van der Waals surface area contributed by atoms with Gasteiger partial charge in [-0.3, -0.25) is 9.59 Å². The Bertz CT molecular complexity index is 596. The lowest BCUT2D eigenvalue weighted by atomic mass is 9.82. The van der Waals surface area contributed by atoms with Gasteiger partial charge < -0.3 is 10.4 Å². The summed E-state index contributed by atoms with van der Waals surface area (Å²) in [5, 5.41) is 12.1. The minimum atomic E-state index is -0.909. The third-order valence-corrected chi connectivity index (χ3v) is 4.43. The summed E-state index contributed by atoms with van der Waals surface area (Å²) in [5.74, 6) is -2.61. The van der Waals surface area contributed by atoms with Gasteiger partial charge in [-0.05, 0) is 36.0 Å². The summed E-state index contributed by atoms with van der Waals surface area (Å²) in [6.07, 6.45) is 4.60. The van der Waals surface area contributed by atoms with Crippen molar-refractivity contribution in [3.05, 3.63) is 47.8 Å². The molecule has 1 saturated carbocycles. The number of fused-ring (bicyclic) bond motifs is 2. The highest BCUT2D eigenvalue weighted by Gasteiger charge is 2.51. The Morgan fingerprint density at radius 2 is 1.76 bits per heavy atom. The third-order valence-electron chi connectivity index (χ3n) is 4.43. The number of amides is 1. The number of aliphatic carboxylic acids is 1. The number of allylic oxidation sites excluding steroid dienone is 2. The number of carboxylic acid groups (broad SMARTS) is 1. The number of halogens is 1. The second-order valence-corrected chi connectivity index (χ2v) is 5.68. The Balaban J connectivity index is 1.66. The van der Waals surface area contributed by atoms with E-state index in [4.69, 9.17) is 0 Å². The van der Waals surface area contributed by atoms with E-state index in [9.17, 15) is 19.1 Å². The molecule has 2 aliphatic carbocycles. The van der Waals surface area contributed by atoms with Crippen LogP contribution in [0.4, 0.5) is 4.39 Å². The van der Waals surface area contributed by atoms with E-state index in [1.165, 1.54) is 12.1 Å². The van der Waals surface area contributed by atoms with Crippen LogP contribution < -0.4 is 5.32 Å². The maximum Gasteiger partial charge on any atom is 0.307 e. The summed E-state index contributed by atoms with van der Waals surface area (Å²) < 4.78 is 12.8. The molecule has 4 unspecified atom stereocenters. The summed E-state index contributed by atoms with van der Waals surface area (Å²) >= 11 is 0. The smallest absolute Gasteiger partial charge is 0.307 e. The number of carboxylic acids is 1. The zero-order chi connectivity index (χ0) is 15.0. The SMILES string of the molecule is O=C(O)C1C2C=CC(C2)C1C(=O)NCc1ccc(F)cc1. The Hall–Kier alpha value is -2.17. The predicted octanol–water partition coefficient (Wildman–Crippen LogP) is 1.96. The average Bonchev–Trinajstić information content (AvgIpc) is 3.06. The molecular formula is C16H16FNO3. The summed E-state index contributed by atoms with van der Waals surface area (Å²) in [7, 11) is 0. The first-order valence-corrected chi connectivity index (χ1v) is 6.99. The van der Waals surface area contributed by atoms with Crippen LogP contribution in [-0.4, -0.2) is 17.0 Å². The summed E-state index contributed by atoms with van der Waals surface area (Å²) in [6.45, 7) is 0.281. The Labute approximate surface area is 121 Å². The number of hydrogen-bond acceptors (Lipinski definition) is 2. The van der Waals surface area contributed by atoms with Gasteiger partial charge in [0, 0.05) is 6.54 Å². The van der Waals surface area contributed by atoms with Crippen LogP contribution in [0.5, 0.6) is 0 Å². The van der Waals surface area contributed by atoms with Crippen molar-refractivity contribution in [2.45, 2.75) is 13.0 Å². The second-order valence-electron chi connectivity index (χ2n) is 5.68. The largest absolute Gasteiger partial charge is 0.481 e. The zero-order valence-electron chi connectivity index (χ0n) is 11.3. The molecular weight excluding hydrogens is 273 g/mol. The van der Waals surface area contributed by atoms with Crippen LogP contribution in [0, 0.1) is 29.5 Å². The van der Waals surface area contributed by atoms with Gasteiger partial charge in [-0.15, -0.1) is 0 Å². The minimum Gasteiger partial charge on any atom is -0.481 e. The number of carbonyl (C=O) groups excluding carboxylic acids is 1. The molecule has 1 fully saturated rings. The molecule has 2 N–H and O–H groups in total. The molecule has 3 rings (SSSR count). The lowest BCUT2D eigenvalue weighted by Crippen LogP contribution is -2.39. The van der Waals surface area contributed by atoms with Gasteiger partial charge >= 0.3 is 5.97 Å². The third kappa shape index (κ3) is 2.55. The van der Waals surface area contributed by atoms with Crippen LogP contribution in [-0.2, 0) is 16.1 Å². The zero-order valence-corrected chi connectivity index (χ0v) is 11.3. The Morgan fingerprint density at radius 1 is 1.14 bits per heavy atom. The Morgan fingerprint density at radius 3 is 2.38 bits per heavy atom. The summed E-state index contributed by atoms with van der Waals surface area (Å²) in [6, 6.07) is 5.87.